The number of hydrogen-bond acceptors (Lipinski definition) is 6. The van der Waals surface area contributed by atoms with Crippen LogP contribution in [0.1, 0.15) is 15.9 Å². The lowest BCUT2D eigenvalue weighted by Crippen LogP contribution is -2.49. The minimum absolute atomic E-state index is 0.121. The Bertz CT molecular complexity index is 1420. The van der Waals surface area contributed by atoms with Crippen LogP contribution in [0.25, 0.3) is 0 Å². The van der Waals surface area contributed by atoms with E-state index in [1.54, 1.807) is 77.7 Å². The molecule has 2 aliphatic heterocycles. The molecule has 1 N–H and O–H groups in total. The highest BCUT2D eigenvalue weighted by Crippen LogP contribution is 2.37. The maximum Gasteiger partial charge on any atom is 0.267 e. The van der Waals surface area contributed by atoms with E-state index in [1.807, 2.05) is 6.92 Å². The van der Waals surface area contributed by atoms with Gasteiger partial charge in [0.2, 0.25) is 0 Å². The molecule has 3 aromatic rings. The van der Waals surface area contributed by atoms with Crippen molar-refractivity contribution in [1.29, 1.82) is 0 Å². The van der Waals surface area contributed by atoms with Gasteiger partial charge in [-0.2, -0.15) is 0 Å². The van der Waals surface area contributed by atoms with Crippen LogP contribution in [0.3, 0.4) is 0 Å². The molecule has 0 aromatic heterocycles. The average Bonchev–Trinajstić information content (AvgIpc) is 2.93. The summed E-state index contributed by atoms with van der Waals surface area (Å²) in [6, 6.07) is 20.0. The third kappa shape index (κ3) is 5.03. The highest BCUT2D eigenvalue weighted by atomic mass is 32.2. The van der Waals surface area contributed by atoms with Gasteiger partial charge >= 0.3 is 0 Å². The number of carbonyl (C=O) groups excluding carboxylic acids is 2. The summed E-state index contributed by atoms with van der Waals surface area (Å²) in [5.74, 6) is -0.485. The zero-order valence-electron chi connectivity index (χ0n) is 20.3. The summed E-state index contributed by atoms with van der Waals surface area (Å²) >= 11 is 0. The molecule has 1 fully saturated rings. The summed E-state index contributed by atoms with van der Waals surface area (Å²) in [6.07, 6.45) is -1.14. The van der Waals surface area contributed by atoms with Crippen molar-refractivity contribution in [3.05, 3.63) is 83.9 Å². The van der Waals surface area contributed by atoms with E-state index in [0.29, 0.717) is 43.2 Å². The number of aryl methyl sites for hydroxylation is 1. The number of fused-ring (bicyclic) bond motifs is 1. The van der Waals surface area contributed by atoms with Crippen LogP contribution in [0.2, 0.25) is 0 Å². The number of para-hydroxylation sites is 3. The van der Waals surface area contributed by atoms with Crippen molar-refractivity contribution in [2.75, 3.05) is 42.5 Å². The van der Waals surface area contributed by atoms with Gasteiger partial charge in [-0.1, -0.05) is 42.0 Å². The van der Waals surface area contributed by atoms with Crippen LogP contribution in [0.4, 0.5) is 11.4 Å². The highest BCUT2D eigenvalue weighted by molar-refractivity contribution is 7.92. The zero-order chi connectivity index (χ0) is 26.0. The number of nitrogens with one attached hydrogen (secondary N) is 1. The van der Waals surface area contributed by atoms with Gasteiger partial charge < -0.3 is 19.7 Å². The predicted octanol–water partition coefficient (Wildman–Crippen LogP) is 3.06. The quantitative estimate of drug-likeness (QED) is 0.553. The van der Waals surface area contributed by atoms with Crippen LogP contribution in [0.5, 0.6) is 5.75 Å². The molecule has 2 aliphatic rings. The van der Waals surface area contributed by atoms with Crippen LogP contribution in [0, 0.1) is 6.92 Å². The summed E-state index contributed by atoms with van der Waals surface area (Å²) in [5, 5.41) is 2.79. The summed E-state index contributed by atoms with van der Waals surface area (Å²) in [4.78, 5) is 28.3. The Hall–Kier alpha value is -3.89. The SMILES string of the molecule is Cc1ccc(S(=O)(=O)N2CC(C(=O)Nc3ccccc3C(=O)N3CCOCC3)Oc3ccccc32)cc1. The molecule has 3 aromatic carbocycles. The molecule has 1 saturated heterocycles. The molecular weight excluding hydrogens is 494 g/mol. The Labute approximate surface area is 215 Å². The Morgan fingerprint density at radius 1 is 0.919 bits per heavy atom. The normalized spacial score (nSPS) is 17.5. The Morgan fingerprint density at radius 2 is 1.59 bits per heavy atom. The molecule has 1 unspecified atom stereocenters. The first-order valence-corrected chi connectivity index (χ1v) is 13.4. The van der Waals surface area contributed by atoms with Crippen LogP contribution < -0.4 is 14.4 Å². The number of amides is 2. The third-order valence-corrected chi connectivity index (χ3v) is 8.14. The van der Waals surface area contributed by atoms with Gasteiger partial charge in [-0.25, -0.2) is 8.42 Å². The molecule has 9 nitrogen and oxygen atoms in total. The zero-order valence-corrected chi connectivity index (χ0v) is 21.1. The molecule has 192 valence electrons. The summed E-state index contributed by atoms with van der Waals surface area (Å²) < 4.78 is 39.6. The fourth-order valence-corrected chi connectivity index (χ4v) is 5.81. The van der Waals surface area contributed by atoms with Gasteiger partial charge in [0.15, 0.2) is 6.10 Å². The second-order valence-electron chi connectivity index (χ2n) is 8.86. The molecule has 0 radical (unpaired) electrons. The molecule has 10 heteroatoms. The lowest BCUT2D eigenvalue weighted by atomic mass is 10.1. The first kappa shape index (κ1) is 24.8. The second-order valence-corrected chi connectivity index (χ2v) is 10.7. The van der Waals surface area contributed by atoms with E-state index < -0.39 is 22.0 Å². The van der Waals surface area contributed by atoms with E-state index in [4.69, 9.17) is 9.47 Å². The third-order valence-electron chi connectivity index (χ3n) is 6.35. The van der Waals surface area contributed by atoms with Gasteiger partial charge in [-0.05, 0) is 43.3 Å². The molecule has 0 spiro atoms. The van der Waals surface area contributed by atoms with E-state index in [9.17, 15) is 18.0 Å². The minimum atomic E-state index is -3.97. The van der Waals surface area contributed by atoms with E-state index in [-0.39, 0.29) is 23.1 Å². The number of hydrogen-bond donors (Lipinski definition) is 1. The van der Waals surface area contributed by atoms with E-state index >= 15 is 0 Å². The van der Waals surface area contributed by atoms with Crippen molar-refractivity contribution < 1.29 is 27.5 Å². The molecular formula is C27H27N3O6S. The summed E-state index contributed by atoms with van der Waals surface area (Å²) in [7, 11) is -3.97. The van der Waals surface area contributed by atoms with E-state index in [1.165, 1.54) is 4.31 Å². The number of rotatable bonds is 5. The van der Waals surface area contributed by atoms with Crippen molar-refractivity contribution in [2.24, 2.45) is 0 Å². The maximum absolute atomic E-state index is 13.6. The topological polar surface area (TPSA) is 105 Å². The largest absolute Gasteiger partial charge is 0.476 e. The number of ether oxygens (including phenoxy) is 2. The lowest BCUT2D eigenvalue weighted by molar-refractivity contribution is -0.122. The predicted molar refractivity (Wildman–Crippen MR) is 138 cm³/mol. The fraction of sp³-hybridized carbons (Fsp3) is 0.259. The van der Waals surface area contributed by atoms with Crippen molar-refractivity contribution >= 4 is 33.2 Å². The molecule has 1 atom stereocenters. The van der Waals surface area contributed by atoms with Crippen molar-refractivity contribution in [2.45, 2.75) is 17.9 Å². The standard InChI is InChI=1S/C27H27N3O6S/c1-19-10-12-20(13-11-19)37(33,34)30-18-25(36-24-9-5-4-8-23(24)30)26(31)28-22-7-3-2-6-21(22)27(32)29-14-16-35-17-15-29/h2-13,25H,14-18H2,1H3,(H,28,31). The van der Waals surface area contributed by atoms with E-state index in [2.05, 4.69) is 5.32 Å². The first-order chi connectivity index (χ1) is 17.8. The smallest absolute Gasteiger partial charge is 0.267 e. The monoisotopic (exact) mass is 521 g/mol. The maximum atomic E-state index is 13.6. The van der Waals surface area contributed by atoms with Crippen LogP contribution >= 0.6 is 0 Å². The number of anilines is 2. The number of carbonyl (C=O) groups is 2. The Kier molecular flexibility index (Phi) is 6.86. The Balaban J connectivity index is 1.42. The van der Waals surface area contributed by atoms with Gasteiger partial charge in [0.25, 0.3) is 21.8 Å². The molecule has 0 bridgehead atoms. The van der Waals surface area contributed by atoms with Crippen LogP contribution in [-0.4, -0.2) is 64.1 Å². The van der Waals surface area contributed by atoms with Gasteiger partial charge in [-0.15, -0.1) is 0 Å². The van der Waals surface area contributed by atoms with Crippen LogP contribution in [0.15, 0.2) is 77.7 Å². The number of morpholine rings is 1. The van der Waals surface area contributed by atoms with Crippen LogP contribution in [-0.2, 0) is 19.6 Å². The highest BCUT2D eigenvalue weighted by Gasteiger charge is 2.38. The number of benzene rings is 3. The molecule has 37 heavy (non-hydrogen) atoms. The first-order valence-electron chi connectivity index (χ1n) is 12.0. The van der Waals surface area contributed by atoms with E-state index in [0.717, 1.165) is 5.56 Å². The number of nitrogens with zero attached hydrogens (tertiary/aromatic N) is 2. The minimum Gasteiger partial charge on any atom is -0.476 e. The molecule has 5 rings (SSSR count). The summed E-state index contributed by atoms with van der Waals surface area (Å²) in [6.45, 7) is 3.51. The Morgan fingerprint density at radius 3 is 2.35 bits per heavy atom. The molecule has 0 aliphatic carbocycles. The van der Waals surface area contributed by atoms with Gasteiger partial charge in [0.05, 0.1) is 41.6 Å². The molecule has 0 saturated carbocycles. The summed E-state index contributed by atoms with van der Waals surface area (Å²) in [5.41, 5.74) is 1.97. The number of sulfonamides is 1. The average molecular weight is 522 g/mol. The van der Waals surface area contributed by atoms with Crippen molar-refractivity contribution in [3.8, 4) is 5.75 Å². The second kappa shape index (κ2) is 10.2. The fourth-order valence-electron chi connectivity index (χ4n) is 4.33. The van der Waals surface area contributed by atoms with Gasteiger partial charge in [-0.3, -0.25) is 13.9 Å². The van der Waals surface area contributed by atoms with Gasteiger partial charge in [0.1, 0.15) is 5.75 Å². The molecule has 2 amide bonds. The van der Waals surface area contributed by atoms with Crippen molar-refractivity contribution in [3.63, 3.8) is 0 Å². The lowest BCUT2D eigenvalue weighted by Gasteiger charge is -2.35. The van der Waals surface area contributed by atoms with Gasteiger partial charge in [0, 0.05) is 13.1 Å². The van der Waals surface area contributed by atoms with Crippen molar-refractivity contribution in [1.82, 2.24) is 4.90 Å². The molecule has 2 heterocycles.